The molecule has 7 heteroatoms. The van der Waals surface area contributed by atoms with Crippen LogP contribution in [0.1, 0.15) is 32.6 Å². The van der Waals surface area contributed by atoms with E-state index in [1.807, 2.05) is 60.0 Å². The Morgan fingerprint density at radius 1 is 0.903 bits per heavy atom. The van der Waals surface area contributed by atoms with Gasteiger partial charge in [0.1, 0.15) is 0 Å². The summed E-state index contributed by atoms with van der Waals surface area (Å²) in [7, 11) is 0. The minimum absolute atomic E-state index is 0.208. The lowest BCUT2D eigenvalue weighted by Gasteiger charge is -2.18. The van der Waals surface area contributed by atoms with E-state index in [2.05, 4.69) is 16.0 Å². The summed E-state index contributed by atoms with van der Waals surface area (Å²) >= 11 is 1.60. The fraction of sp³-hybridized carbons (Fsp3) is 0.0833. The number of benzene rings is 2. The van der Waals surface area contributed by atoms with Gasteiger partial charge in [0.2, 0.25) is 0 Å². The van der Waals surface area contributed by atoms with Crippen molar-refractivity contribution >= 4 is 29.0 Å². The predicted molar refractivity (Wildman–Crippen MR) is 121 cm³/mol. The van der Waals surface area contributed by atoms with Crippen molar-refractivity contribution in [2.75, 3.05) is 5.32 Å². The van der Waals surface area contributed by atoms with Crippen LogP contribution in [0.4, 0.5) is 10.5 Å². The Balaban J connectivity index is 1.33. The number of hydrogen-bond donors (Lipinski definition) is 3. The number of thiophene rings is 1. The molecule has 4 aromatic rings. The van der Waals surface area contributed by atoms with Crippen LogP contribution in [0.3, 0.4) is 0 Å². The SMILES string of the molecule is O=C(NCc1ccc(NC(=O)c2ccco2)cc1)N[C@H](c1ccccc1)c1cccs1. The van der Waals surface area contributed by atoms with Gasteiger partial charge in [0.25, 0.3) is 5.91 Å². The van der Waals surface area contributed by atoms with Gasteiger partial charge < -0.3 is 20.4 Å². The molecule has 31 heavy (non-hydrogen) atoms. The summed E-state index contributed by atoms with van der Waals surface area (Å²) in [6, 6.07) is 23.9. The molecule has 0 fully saturated rings. The van der Waals surface area contributed by atoms with Crippen LogP contribution in [-0.2, 0) is 6.54 Å². The van der Waals surface area contributed by atoms with Gasteiger partial charge in [0, 0.05) is 17.1 Å². The Hall–Kier alpha value is -3.84. The molecular weight excluding hydrogens is 410 g/mol. The van der Waals surface area contributed by atoms with Crippen molar-refractivity contribution in [1.29, 1.82) is 0 Å². The zero-order valence-corrected chi connectivity index (χ0v) is 17.4. The lowest BCUT2D eigenvalue weighted by Crippen LogP contribution is -2.37. The molecule has 0 saturated heterocycles. The van der Waals surface area contributed by atoms with Crippen LogP contribution in [0, 0.1) is 0 Å². The van der Waals surface area contributed by atoms with Crippen molar-refractivity contribution in [2.24, 2.45) is 0 Å². The second-order valence-corrected chi connectivity index (χ2v) is 7.79. The first-order chi connectivity index (χ1) is 15.2. The molecule has 0 aliphatic carbocycles. The Bertz CT molecular complexity index is 1110. The van der Waals surface area contributed by atoms with Gasteiger partial charge in [-0.05, 0) is 46.8 Å². The molecule has 2 aromatic carbocycles. The van der Waals surface area contributed by atoms with Gasteiger partial charge >= 0.3 is 6.03 Å². The van der Waals surface area contributed by atoms with E-state index < -0.39 is 0 Å². The van der Waals surface area contributed by atoms with Crippen LogP contribution in [-0.4, -0.2) is 11.9 Å². The second-order valence-electron chi connectivity index (χ2n) is 6.81. The van der Waals surface area contributed by atoms with Crippen LogP contribution in [0.15, 0.2) is 94.9 Å². The third kappa shape index (κ3) is 5.40. The van der Waals surface area contributed by atoms with Gasteiger partial charge in [-0.2, -0.15) is 0 Å². The molecule has 0 saturated carbocycles. The molecule has 0 radical (unpaired) electrons. The molecule has 0 aliphatic heterocycles. The van der Waals surface area contributed by atoms with Gasteiger partial charge in [0.05, 0.1) is 12.3 Å². The van der Waals surface area contributed by atoms with E-state index >= 15 is 0 Å². The molecule has 3 N–H and O–H groups in total. The summed E-state index contributed by atoms with van der Waals surface area (Å²) < 4.78 is 5.08. The molecule has 4 rings (SSSR count). The Labute approximate surface area is 183 Å². The summed E-state index contributed by atoms with van der Waals surface area (Å²) in [6.07, 6.45) is 1.45. The third-order valence-corrected chi connectivity index (χ3v) is 5.58. The molecule has 6 nitrogen and oxygen atoms in total. The Kier molecular flexibility index (Phi) is 6.44. The van der Waals surface area contributed by atoms with E-state index in [9.17, 15) is 9.59 Å². The standard InChI is InChI=1S/C24H21N3O3S/c28-23(20-8-4-14-30-20)26-19-12-10-17(11-13-19)16-25-24(29)27-22(21-9-5-15-31-21)18-6-2-1-3-7-18/h1-15,22H,16H2,(H,26,28)(H2,25,27,29)/t22-/m1/s1. The highest BCUT2D eigenvalue weighted by molar-refractivity contribution is 7.10. The normalized spacial score (nSPS) is 11.5. The van der Waals surface area contributed by atoms with Crippen molar-refractivity contribution in [2.45, 2.75) is 12.6 Å². The van der Waals surface area contributed by atoms with E-state index in [0.717, 1.165) is 16.0 Å². The number of carbonyl (C=O) groups is 2. The summed E-state index contributed by atoms with van der Waals surface area (Å²) in [4.78, 5) is 25.6. The van der Waals surface area contributed by atoms with Crippen LogP contribution in [0.5, 0.6) is 0 Å². The maximum atomic E-state index is 12.6. The number of urea groups is 1. The minimum atomic E-state index is -0.309. The molecule has 2 aromatic heterocycles. The topological polar surface area (TPSA) is 83.4 Å². The predicted octanol–water partition coefficient (Wildman–Crippen LogP) is 5.18. The molecule has 156 valence electrons. The van der Waals surface area contributed by atoms with Gasteiger partial charge in [0.15, 0.2) is 5.76 Å². The first-order valence-corrected chi connectivity index (χ1v) is 10.6. The largest absolute Gasteiger partial charge is 0.459 e. The van der Waals surface area contributed by atoms with Gasteiger partial charge in [-0.25, -0.2) is 4.79 Å². The van der Waals surface area contributed by atoms with Gasteiger partial charge in [-0.1, -0.05) is 48.5 Å². The maximum Gasteiger partial charge on any atom is 0.315 e. The molecule has 0 bridgehead atoms. The number of carbonyl (C=O) groups excluding carboxylic acids is 2. The molecular formula is C24H21N3O3S. The second kappa shape index (κ2) is 9.77. The molecule has 1 atom stereocenters. The fourth-order valence-corrected chi connectivity index (χ4v) is 3.89. The summed E-state index contributed by atoms with van der Waals surface area (Å²) in [5.41, 5.74) is 2.59. The monoisotopic (exact) mass is 431 g/mol. The summed E-state index contributed by atoms with van der Waals surface area (Å²) in [5, 5.41) is 10.7. The number of hydrogen-bond acceptors (Lipinski definition) is 4. The van der Waals surface area contributed by atoms with Crippen molar-refractivity contribution in [3.8, 4) is 0 Å². The quantitative estimate of drug-likeness (QED) is 0.377. The van der Waals surface area contributed by atoms with Crippen molar-refractivity contribution in [3.63, 3.8) is 0 Å². The van der Waals surface area contributed by atoms with E-state index in [1.165, 1.54) is 6.26 Å². The summed E-state index contributed by atoms with van der Waals surface area (Å²) in [6.45, 7) is 0.365. The average molecular weight is 432 g/mol. The van der Waals surface area contributed by atoms with Crippen molar-refractivity contribution < 1.29 is 14.0 Å². The number of rotatable bonds is 7. The Morgan fingerprint density at radius 3 is 2.39 bits per heavy atom. The van der Waals surface area contributed by atoms with Crippen LogP contribution >= 0.6 is 11.3 Å². The average Bonchev–Trinajstić information content (AvgIpc) is 3.52. The highest BCUT2D eigenvalue weighted by Crippen LogP contribution is 2.25. The molecule has 0 aliphatic rings. The maximum absolute atomic E-state index is 12.6. The zero-order valence-electron chi connectivity index (χ0n) is 16.6. The third-order valence-electron chi connectivity index (χ3n) is 4.65. The van der Waals surface area contributed by atoms with E-state index in [-0.39, 0.29) is 23.7 Å². The van der Waals surface area contributed by atoms with Crippen LogP contribution < -0.4 is 16.0 Å². The Morgan fingerprint density at radius 2 is 1.71 bits per heavy atom. The molecule has 2 heterocycles. The van der Waals surface area contributed by atoms with Crippen LogP contribution in [0.2, 0.25) is 0 Å². The summed E-state index contributed by atoms with van der Waals surface area (Å²) in [5.74, 6) is -0.0584. The molecule has 0 spiro atoms. The van der Waals surface area contributed by atoms with E-state index in [0.29, 0.717) is 12.2 Å². The van der Waals surface area contributed by atoms with Gasteiger partial charge in [-0.3, -0.25) is 4.79 Å². The van der Waals surface area contributed by atoms with Crippen molar-refractivity contribution in [1.82, 2.24) is 10.6 Å². The fourth-order valence-electron chi connectivity index (χ4n) is 3.09. The lowest BCUT2D eigenvalue weighted by atomic mass is 10.1. The number of amides is 3. The molecule has 3 amide bonds. The van der Waals surface area contributed by atoms with Gasteiger partial charge in [-0.15, -0.1) is 11.3 Å². The highest BCUT2D eigenvalue weighted by Gasteiger charge is 2.17. The first kappa shape index (κ1) is 20.4. The van der Waals surface area contributed by atoms with E-state index in [1.54, 1.807) is 35.6 Å². The number of anilines is 1. The van der Waals surface area contributed by atoms with Crippen molar-refractivity contribution in [3.05, 3.63) is 112 Å². The highest BCUT2D eigenvalue weighted by atomic mass is 32.1. The first-order valence-electron chi connectivity index (χ1n) is 9.75. The number of furan rings is 1. The smallest absolute Gasteiger partial charge is 0.315 e. The van der Waals surface area contributed by atoms with Crippen LogP contribution in [0.25, 0.3) is 0 Å². The lowest BCUT2D eigenvalue weighted by molar-refractivity contribution is 0.0996. The van der Waals surface area contributed by atoms with E-state index in [4.69, 9.17) is 4.42 Å². The zero-order chi connectivity index (χ0) is 21.5. The number of nitrogens with one attached hydrogen (secondary N) is 3. The molecule has 0 unspecified atom stereocenters. The minimum Gasteiger partial charge on any atom is -0.459 e.